The Morgan fingerprint density at radius 1 is 1.11 bits per heavy atom. The third-order valence-corrected chi connectivity index (χ3v) is 9.97. The summed E-state index contributed by atoms with van der Waals surface area (Å²) < 4.78 is 21.2. The van der Waals surface area contributed by atoms with Gasteiger partial charge in [-0.15, -0.1) is 0 Å². The highest BCUT2D eigenvalue weighted by Crippen LogP contribution is 2.48. The number of aromatic nitrogens is 3. The molecular weight excluding hydrogens is 561 g/mol. The molecule has 228 valence electrons. The van der Waals surface area contributed by atoms with E-state index in [0.717, 1.165) is 94.1 Å². The number of carbonyl (C=O) groups excluding carboxylic acids is 1. The number of ether oxygens (including phenoxy) is 1. The van der Waals surface area contributed by atoms with Crippen LogP contribution in [0, 0.1) is 5.82 Å². The minimum atomic E-state index is -0.342. The van der Waals surface area contributed by atoms with Crippen molar-refractivity contribution < 1.29 is 19.0 Å². The Balaban J connectivity index is 1.09. The Kier molecular flexibility index (Phi) is 6.86. The first-order valence-electron chi connectivity index (χ1n) is 15.6. The summed E-state index contributed by atoms with van der Waals surface area (Å²) in [6.45, 7) is 6.60. The molecule has 44 heavy (non-hydrogen) atoms. The highest BCUT2D eigenvalue weighted by molar-refractivity contribution is 6.06. The van der Waals surface area contributed by atoms with Crippen molar-refractivity contribution in [2.75, 3.05) is 44.7 Å². The van der Waals surface area contributed by atoms with Gasteiger partial charge in [-0.3, -0.25) is 19.0 Å². The second-order valence-corrected chi connectivity index (χ2v) is 12.4. The van der Waals surface area contributed by atoms with E-state index in [4.69, 9.17) is 9.72 Å². The number of carbonyl (C=O) groups is 1. The number of amides is 1. The van der Waals surface area contributed by atoms with E-state index in [9.17, 15) is 14.3 Å². The number of fused-ring (bicyclic) bond motifs is 4. The van der Waals surface area contributed by atoms with Gasteiger partial charge in [-0.05, 0) is 55.0 Å². The highest BCUT2D eigenvalue weighted by atomic mass is 19.1. The zero-order valence-corrected chi connectivity index (χ0v) is 24.6. The summed E-state index contributed by atoms with van der Waals surface area (Å²) in [5, 5.41) is 16.8. The summed E-state index contributed by atoms with van der Waals surface area (Å²) in [6, 6.07) is 10.9. The average molecular weight is 598 g/mol. The van der Waals surface area contributed by atoms with Crippen molar-refractivity contribution in [2.45, 2.75) is 50.4 Å². The van der Waals surface area contributed by atoms with Crippen LogP contribution in [0.3, 0.4) is 0 Å². The van der Waals surface area contributed by atoms with E-state index in [1.165, 1.54) is 17.7 Å². The number of halogens is 1. The van der Waals surface area contributed by atoms with Crippen molar-refractivity contribution in [1.29, 1.82) is 0 Å². The van der Waals surface area contributed by atoms with Crippen molar-refractivity contribution in [2.24, 2.45) is 0 Å². The maximum Gasteiger partial charge on any atom is 0.254 e. The molecule has 1 saturated carbocycles. The third kappa shape index (κ3) is 4.66. The summed E-state index contributed by atoms with van der Waals surface area (Å²) in [5.41, 5.74) is 6.57. The van der Waals surface area contributed by atoms with Gasteiger partial charge in [0, 0.05) is 62.6 Å². The number of aliphatic hydroxyl groups excluding tert-OH is 1. The molecule has 1 spiro atoms. The van der Waals surface area contributed by atoms with E-state index in [2.05, 4.69) is 31.5 Å². The maximum absolute atomic E-state index is 13.8. The second-order valence-electron chi connectivity index (χ2n) is 12.4. The molecule has 3 N–H and O–H groups in total. The van der Waals surface area contributed by atoms with Gasteiger partial charge in [0.2, 0.25) is 0 Å². The predicted molar refractivity (Wildman–Crippen MR) is 163 cm³/mol. The van der Waals surface area contributed by atoms with E-state index >= 15 is 0 Å². The zero-order chi connectivity index (χ0) is 29.8. The lowest BCUT2D eigenvalue weighted by molar-refractivity contribution is -0.00507. The van der Waals surface area contributed by atoms with Crippen molar-refractivity contribution in [3.05, 3.63) is 77.0 Å². The Morgan fingerprint density at radius 2 is 1.95 bits per heavy atom. The SMILES string of the molecule is O=C1NCc2c(-c3cnc4cc(F)ccn34)ccc(Nc3ccc4c(n3)CN(CCN3CCOCC3)C43CCC(O)CC3)c21. The first-order valence-corrected chi connectivity index (χ1v) is 15.6. The zero-order valence-electron chi connectivity index (χ0n) is 24.6. The fraction of sp³-hybridized carbons (Fsp3) is 0.424. The number of aliphatic hydroxyl groups is 1. The molecule has 8 rings (SSSR count). The second kappa shape index (κ2) is 10.9. The van der Waals surface area contributed by atoms with E-state index in [1.54, 1.807) is 12.4 Å². The molecule has 1 saturated heterocycles. The molecule has 4 aliphatic rings. The number of nitrogens with one attached hydrogen (secondary N) is 2. The van der Waals surface area contributed by atoms with Crippen molar-refractivity contribution in [1.82, 2.24) is 29.5 Å². The quantitative estimate of drug-likeness (QED) is 0.308. The van der Waals surface area contributed by atoms with Gasteiger partial charge >= 0.3 is 0 Å². The molecule has 3 aliphatic heterocycles. The molecule has 2 fully saturated rings. The molecule has 1 aromatic carbocycles. The van der Waals surface area contributed by atoms with Crippen LogP contribution in [0.4, 0.5) is 15.9 Å². The molecule has 1 amide bonds. The third-order valence-electron chi connectivity index (χ3n) is 9.97. The Labute approximate surface area is 254 Å². The van der Waals surface area contributed by atoms with Gasteiger partial charge in [0.1, 0.15) is 17.3 Å². The van der Waals surface area contributed by atoms with Crippen LogP contribution in [0.25, 0.3) is 16.9 Å². The van der Waals surface area contributed by atoms with Crippen LogP contribution < -0.4 is 10.6 Å². The van der Waals surface area contributed by atoms with Crippen LogP contribution in [-0.2, 0) is 23.4 Å². The molecule has 11 heteroatoms. The number of nitrogens with zero attached hydrogens (tertiary/aromatic N) is 5. The fourth-order valence-corrected chi connectivity index (χ4v) is 7.65. The molecule has 10 nitrogen and oxygen atoms in total. The normalized spacial score (nSPS) is 23.7. The monoisotopic (exact) mass is 597 g/mol. The number of rotatable bonds is 6. The van der Waals surface area contributed by atoms with Gasteiger partial charge in [-0.2, -0.15) is 0 Å². The smallest absolute Gasteiger partial charge is 0.254 e. The largest absolute Gasteiger partial charge is 0.393 e. The molecule has 4 aromatic rings. The molecule has 0 unspecified atom stereocenters. The lowest BCUT2D eigenvalue weighted by atomic mass is 9.76. The minimum Gasteiger partial charge on any atom is -0.393 e. The van der Waals surface area contributed by atoms with Crippen LogP contribution in [0.1, 0.15) is 52.9 Å². The van der Waals surface area contributed by atoms with Gasteiger partial charge in [0.05, 0.1) is 48.2 Å². The summed E-state index contributed by atoms with van der Waals surface area (Å²) in [7, 11) is 0. The van der Waals surface area contributed by atoms with Crippen LogP contribution >= 0.6 is 0 Å². The number of anilines is 2. The van der Waals surface area contributed by atoms with Gasteiger partial charge in [0.25, 0.3) is 5.91 Å². The Bertz CT molecular complexity index is 1740. The van der Waals surface area contributed by atoms with Crippen molar-refractivity contribution >= 4 is 23.1 Å². The van der Waals surface area contributed by atoms with Crippen molar-refractivity contribution in [3.63, 3.8) is 0 Å². The number of pyridine rings is 2. The van der Waals surface area contributed by atoms with E-state index in [1.807, 2.05) is 22.6 Å². The molecule has 0 radical (unpaired) electrons. The number of benzene rings is 1. The van der Waals surface area contributed by atoms with Gasteiger partial charge in [-0.1, -0.05) is 12.1 Å². The average Bonchev–Trinajstić information content (AvgIpc) is 3.72. The topological polar surface area (TPSA) is 107 Å². The maximum atomic E-state index is 13.8. The standard InChI is InChI=1S/C33H36FN7O3/c34-21-7-10-41-28(19-35-30(41)17-21)23-1-3-26(31-24(23)18-36-32(31)43)37-29-4-2-25-27(38-29)20-40(12-11-39-13-15-44-16-14-39)33(25)8-5-22(42)6-9-33/h1-4,7,10,17,19,22,42H,5-6,8-9,11-16,18,20H2,(H,36,43)(H,37,38). The summed E-state index contributed by atoms with van der Waals surface area (Å²) in [5.74, 6) is 0.217. The van der Waals surface area contributed by atoms with Crippen LogP contribution in [0.2, 0.25) is 0 Å². The van der Waals surface area contributed by atoms with Gasteiger partial charge in [0.15, 0.2) is 0 Å². The molecule has 0 bridgehead atoms. The number of morpholine rings is 1. The van der Waals surface area contributed by atoms with Crippen LogP contribution in [0.15, 0.2) is 48.8 Å². The van der Waals surface area contributed by atoms with E-state index < -0.39 is 0 Å². The van der Waals surface area contributed by atoms with Crippen LogP contribution in [0.5, 0.6) is 0 Å². The molecule has 1 aliphatic carbocycles. The number of hydrogen-bond acceptors (Lipinski definition) is 8. The molecule has 3 aromatic heterocycles. The summed E-state index contributed by atoms with van der Waals surface area (Å²) in [6.07, 6.45) is 6.57. The Hall–Kier alpha value is -3.90. The first-order chi connectivity index (χ1) is 21.5. The molecular formula is C33H36FN7O3. The molecule has 6 heterocycles. The number of hydrogen-bond donors (Lipinski definition) is 3. The predicted octanol–water partition coefficient (Wildman–Crippen LogP) is 3.80. The van der Waals surface area contributed by atoms with Gasteiger partial charge < -0.3 is 20.5 Å². The number of imidazole rings is 1. The van der Waals surface area contributed by atoms with Gasteiger partial charge in [-0.25, -0.2) is 14.4 Å². The van der Waals surface area contributed by atoms with E-state index in [0.29, 0.717) is 29.3 Å². The van der Waals surface area contributed by atoms with E-state index in [-0.39, 0.29) is 23.4 Å². The van der Waals surface area contributed by atoms with Crippen LogP contribution in [-0.4, -0.2) is 80.7 Å². The Morgan fingerprint density at radius 3 is 2.80 bits per heavy atom. The first kappa shape index (κ1) is 27.6. The van der Waals surface area contributed by atoms with Crippen molar-refractivity contribution in [3.8, 4) is 11.3 Å². The highest BCUT2D eigenvalue weighted by Gasteiger charge is 2.47. The minimum absolute atomic E-state index is 0.105. The summed E-state index contributed by atoms with van der Waals surface area (Å²) in [4.78, 5) is 27.6. The molecule has 0 atom stereocenters. The lowest BCUT2D eigenvalue weighted by Gasteiger charge is -2.44. The fourth-order valence-electron chi connectivity index (χ4n) is 7.65. The summed E-state index contributed by atoms with van der Waals surface area (Å²) >= 11 is 0. The lowest BCUT2D eigenvalue weighted by Crippen LogP contribution is -2.48.